The van der Waals surface area contributed by atoms with Crippen LogP contribution >= 0.6 is 24.0 Å². The number of carbonyl (C=O) groups is 2. The van der Waals surface area contributed by atoms with Crippen molar-refractivity contribution in [2.75, 3.05) is 19.6 Å². The van der Waals surface area contributed by atoms with Crippen LogP contribution in [0.5, 0.6) is 0 Å². The summed E-state index contributed by atoms with van der Waals surface area (Å²) in [7, 11) is -3.93. The predicted molar refractivity (Wildman–Crippen MR) is 128 cm³/mol. The molecule has 11 heteroatoms. The lowest BCUT2D eigenvalue weighted by atomic mass is 9.85. The van der Waals surface area contributed by atoms with Gasteiger partial charge >= 0.3 is 5.97 Å². The predicted octanol–water partition coefficient (Wildman–Crippen LogP) is 2.72. The first-order chi connectivity index (χ1) is 15.2. The number of carbonyl (C=O) groups excluding carboxylic acids is 1. The van der Waals surface area contributed by atoms with Gasteiger partial charge < -0.3 is 15.7 Å². The first-order valence-corrected chi connectivity index (χ1v) is 12.5. The maximum absolute atomic E-state index is 13.3. The lowest BCUT2D eigenvalue weighted by Crippen LogP contribution is -2.60. The number of amides is 1. The van der Waals surface area contributed by atoms with E-state index in [1.165, 1.54) is 11.0 Å². The second kappa shape index (κ2) is 10.1. The molecule has 2 fully saturated rings. The summed E-state index contributed by atoms with van der Waals surface area (Å²) in [6.07, 6.45) is 2.73. The number of sulfonamides is 1. The summed E-state index contributed by atoms with van der Waals surface area (Å²) in [5.74, 6) is -1.69. The standard InChI is InChI=1S/C22H26ClN3O5S.ClH/c23-17-5-1-16-12-19(8-4-15(16)11-17)32(30,31)25-9-10-26(20(13-25)22(28)29)21(27)14-2-6-18(24)7-3-14;/h1,4-5,8,11-12,14,18,20H,2-3,6-7,9-10,13,24H2,(H,28,29);1H/t14-,18-,20?;. The van der Waals surface area contributed by atoms with Crippen LogP contribution in [0.3, 0.4) is 0 Å². The van der Waals surface area contributed by atoms with E-state index in [2.05, 4.69) is 0 Å². The van der Waals surface area contributed by atoms with Crippen LogP contribution in [-0.2, 0) is 19.6 Å². The number of nitrogens with zero attached hydrogens (tertiary/aromatic N) is 2. The fourth-order valence-corrected chi connectivity index (χ4v) is 6.21. The van der Waals surface area contributed by atoms with Crippen LogP contribution in [0.25, 0.3) is 10.8 Å². The molecule has 1 saturated carbocycles. The first-order valence-electron chi connectivity index (χ1n) is 10.6. The molecule has 0 aromatic heterocycles. The number of rotatable bonds is 4. The summed E-state index contributed by atoms with van der Waals surface area (Å²) in [6.45, 7) is -0.197. The summed E-state index contributed by atoms with van der Waals surface area (Å²) < 4.78 is 27.7. The molecule has 0 bridgehead atoms. The monoisotopic (exact) mass is 515 g/mol. The number of hydrogen-bond acceptors (Lipinski definition) is 5. The molecule has 180 valence electrons. The Morgan fingerprint density at radius 2 is 1.64 bits per heavy atom. The Morgan fingerprint density at radius 3 is 2.30 bits per heavy atom. The normalized spacial score (nSPS) is 24.3. The molecule has 0 spiro atoms. The van der Waals surface area contributed by atoms with Crippen molar-refractivity contribution in [3.63, 3.8) is 0 Å². The molecular formula is C22H27Cl2N3O5S. The van der Waals surface area contributed by atoms with E-state index >= 15 is 0 Å². The average molecular weight is 516 g/mol. The number of piperazine rings is 1. The molecule has 2 aliphatic rings. The Hall–Kier alpha value is -1.91. The van der Waals surface area contributed by atoms with E-state index in [9.17, 15) is 23.1 Å². The Balaban J connectivity index is 0.00000306. The molecule has 1 amide bonds. The molecule has 2 aromatic rings. The van der Waals surface area contributed by atoms with Crippen molar-refractivity contribution in [2.45, 2.75) is 42.7 Å². The number of carboxylic acids is 1. The van der Waals surface area contributed by atoms with Gasteiger partial charge in [-0.05, 0) is 60.7 Å². The van der Waals surface area contributed by atoms with Gasteiger partial charge in [-0.3, -0.25) is 4.79 Å². The van der Waals surface area contributed by atoms with E-state index in [4.69, 9.17) is 17.3 Å². The largest absolute Gasteiger partial charge is 0.480 e. The van der Waals surface area contributed by atoms with Crippen LogP contribution in [0, 0.1) is 5.92 Å². The van der Waals surface area contributed by atoms with E-state index in [1.807, 2.05) is 0 Å². The van der Waals surface area contributed by atoms with Crippen molar-refractivity contribution in [3.8, 4) is 0 Å². The quantitative estimate of drug-likeness (QED) is 0.645. The van der Waals surface area contributed by atoms with Crippen LogP contribution in [0.2, 0.25) is 5.02 Å². The third kappa shape index (κ3) is 5.27. The van der Waals surface area contributed by atoms with E-state index in [0.717, 1.165) is 27.9 Å². The van der Waals surface area contributed by atoms with Crippen LogP contribution in [0.4, 0.5) is 0 Å². The Bertz CT molecular complexity index is 1150. The van der Waals surface area contributed by atoms with E-state index in [1.54, 1.807) is 30.3 Å². The van der Waals surface area contributed by atoms with Gasteiger partial charge in [0.15, 0.2) is 0 Å². The first kappa shape index (κ1) is 25.7. The van der Waals surface area contributed by atoms with Gasteiger partial charge in [-0.15, -0.1) is 12.4 Å². The highest BCUT2D eigenvalue weighted by Gasteiger charge is 2.42. The number of fused-ring (bicyclic) bond motifs is 1. The molecule has 1 aliphatic carbocycles. The smallest absolute Gasteiger partial charge is 0.327 e. The molecule has 4 rings (SSSR count). The van der Waals surface area contributed by atoms with Gasteiger partial charge in [-0.1, -0.05) is 23.7 Å². The number of halogens is 2. The van der Waals surface area contributed by atoms with Crippen LogP contribution < -0.4 is 5.73 Å². The van der Waals surface area contributed by atoms with Crippen LogP contribution in [0.15, 0.2) is 41.3 Å². The minimum atomic E-state index is -3.93. The molecular weight excluding hydrogens is 489 g/mol. The van der Waals surface area contributed by atoms with Crippen molar-refractivity contribution in [1.29, 1.82) is 0 Å². The summed E-state index contributed by atoms with van der Waals surface area (Å²) in [6, 6.07) is 8.75. The lowest BCUT2D eigenvalue weighted by Gasteiger charge is -2.40. The fourth-order valence-electron chi connectivity index (χ4n) is 4.56. The number of nitrogens with two attached hydrogens (primary N) is 1. The molecule has 1 saturated heterocycles. The number of carboxylic acid groups (broad SMARTS) is 1. The lowest BCUT2D eigenvalue weighted by molar-refractivity contribution is -0.155. The summed E-state index contributed by atoms with van der Waals surface area (Å²) in [4.78, 5) is 26.4. The summed E-state index contributed by atoms with van der Waals surface area (Å²) in [5, 5.41) is 11.9. The highest BCUT2D eigenvalue weighted by Crippen LogP contribution is 2.29. The van der Waals surface area contributed by atoms with Crippen molar-refractivity contribution < 1.29 is 23.1 Å². The van der Waals surface area contributed by atoms with Crippen LogP contribution in [-0.4, -0.2) is 66.3 Å². The van der Waals surface area contributed by atoms with Crippen molar-refractivity contribution in [3.05, 3.63) is 41.4 Å². The van der Waals surface area contributed by atoms with Gasteiger partial charge in [-0.25, -0.2) is 13.2 Å². The Kier molecular flexibility index (Phi) is 7.91. The zero-order valence-electron chi connectivity index (χ0n) is 17.9. The van der Waals surface area contributed by atoms with Gasteiger partial charge in [0.25, 0.3) is 0 Å². The molecule has 1 aliphatic heterocycles. The fraction of sp³-hybridized carbons (Fsp3) is 0.455. The van der Waals surface area contributed by atoms with E-state index in [0.29, 0.717) is 17.9 Å². The molecule has 3 N–H and O–H groups in total. The van der Waals surface area contributed by atoms with Gasteiger partial charge in [0.2, 0.25) is 15.9 Å². The van der Waals surface area contributed by atoms with Crippen molar-refractivity contribution in [2.24, 2.45) is 11.7 Å². The van der Waals surface area contributed by atoms with Gasteiger partial charge in [0.05, 0.1) is 4.90 Å². The van der Waals surface area contributed by atoms with Gasteiger partial charge in [0.1, 0.15) is 6.04 Å². The third-order valence-corrected chi connectivity index (χ3v) is 8.54. The zero-order chi connectivity index (χ0) is 23.0. The highest BCUT2D eigenvalue weighted by molar-refractivity contribution is 7.89. The number of benzene rings is 2. The second-order valence-corrected chi connectivity index (χ2v) is 10.9. The molecule has 1 heterocycles. The molecule has 33 heavy (non-hydrogen) atoms. The Labute approximate surface area is 204 Å². The highest BCUT2D eigenvalue weighted by atomic mass is 35.5. The van der Waals surface area contributed by atoms with Crippen molar-refractivity contribution in [1.82, 2.24) is 9.21 Å². The number of aliphatic carboxylic acids is 1. The van der Waals surface area contributed by atoms with Gasteiger partial charge in [-0.2, -0.15) is 4.31 Å². The molecule has 0 radical (unpaired) electrons. The maximum atomic E-state index is 13.3. The van der Waals surface area contributed by atoms with Crippen LogP contribution in [0.1, 0.15) is 25.7 Å². The minimum absolute atomic E-state index is 0. The number of hydrogen-bond donors (Lipinski definition) is 2. The molecule has 8 nitrogen and oxygen atoms in total. The maximum Gasteiger partial charge on any atom is 0.327 e. The third-order valence-electron chi connectivity index (χ3n) is 6.44. The SMILES string of the molecule is Cl.N[C@H]1CC[C@H](C(=O)N2CCN(S(=O)(=O)c3ccc4cc(Cl)ccc4c3)CC2C(=O)O)CC1. The topological polar surface area (TPSA) is 121 Å². The average Bonchev–Trinajstić information content (AvgIpc) is 2.78. The molecule has 2 aromatic carbocycles. The second-order valence-electron chi connectivity index (χ2n) is 8.51. The summed E-state index contributed by atoms with van der Waals surface area (Å²) >= 11 is 6.00. The zero-order valence-corrected chi connectivity index (χ0v) is 20.3. The molecule has 1 unspecified atom stereocenters. The van der Waals surface area contributed by atoms with Gasteiger partial charge in [0, 0.05) is 36.6 Å². The Morgan fingerprint density at radius 1 is 1.00 bits per heavy atom. The van der Waals surface area contributed by atoms with E-state index in [-0.39, 0.29) is 54.8 Å². The van der Waals surface area contributed by atoms with E-state index < -0.39 is 22.0 Å². The van der Waals surface area contributed by atoms with Crippen molar-refractivity contribution >= 4 is 56.7 Å². The molecule has 1 atom stereocenters. The minimum Gasteiger partial charge on any atom is -0.480 e. The summed E-state index contributed by atoms with van der Waals surface area (Å²) in [5.41, 5.74) is 5.92.